The number of hydrogen-bond acceptors (Lipinski definition) is 6. The fourth-order valence-corrected chi connectivity index (χ4v) is 3.01. The van der Waals surface area contributed by atoms with Crippen LogP contribution in [-0.4, -0.2) is 13.4 Å². The molecular formula is C12H10BrN5O2S. The Hall–Kier alpha value is -2.15. The van der Waals surface area contributed by atoms with Crippen LogP contribution in [0, 0.1) is 11.3 Å². The zero-order chi connectivity index (χ0) is 15.5. The van der Waals surface area contributed by atoms with Gasteiger partial charge in [0, 0.05) is 16.7 Å². The zero-order valence-electron chi connectivity index (χ0n) is 10.5. The largest absolute Gasteiger partial charge is 0.308 e. The summed E-state index contributed by atoms with van der Waals surface area (Å²) in [6.07, 6.45) is 1.32. The highest BCUT2D eigenvalue weighted by molar-refractivity contribution is 9.10. The highest BCUT2D eigenvalue weighted by atomic mass is 79.9. The second kappa shape index (κ2) is 6.09. The Morgan fingerprint density at radius 2 is 2.05 bits per heavy atom. The number of rotatable bonds is 4. The monoisotopic (exact) mass is 367 g/mol. The predicted octanol–water partition coefficient (Wildman–Crippen LogP) is 1.80. The third-order valence-electron chi connectivity index (χ3n) is 2.54. The summed E-state index contributed by atoms with van der Waals surface area (Å²) in [6, 6.07) is 9.21. The summed E-state index contributed by atoms with van der Waals surface area (Å²) < 4.78 is 27.6. The molecule has 1 heterocycles. The number of sulfonamides is 1. The van der Waals surface area contributed by atoms with Gasteiger partial charge in [-0.25, -0.2) is 19.2 Å². The van der Waals surface area contributed by atoms with Gasteiger partial charge in [-0.1, -0.05) is 15.9 Å². The Kier molecular flexibility index (Phi) is 4.42. The Bertz CT molecular complexity index is 817. The number of hydrazine groups is 1. The number of anilines is 2. The lowest BCUT2D eigenvalue weighted by Crippen LogP contribution is -2.15. The maximum atomic E-state index is 12.3. The third-order valence-corrected chi connectivity index (χ3v) is 4.39. The lowest BCUT2D eigenvalue weighted by atomic mass is 10.2. The summed E-state index contributed by atoms with van der Waals surface area (Å²) in [5, 5.41) is 9.05. The van der Waals surface area contributed by atoms with E-state index in [1.807, 2.05) is 6.07 Å². The van der Waals surface area contributed by atoms with E-state index in [1.54, 1.807) is 6.07 Å². The van der Waals surface area contributed by atoms with E-state index in [2.05, 4.69) is 31.1 Å². The van der Waals surface area contributed by atoms with Crippen molar-refractivity contribution in [1.82, 2.24) is 4.98 Å². The van der Waals surface area contributed by atoms with Gasteiger partial charge in [-0.2, -0.15) is 5.26 Å². The van der Waals surface area contributed by atoms with Gasteiger partial charge >= 0.3 is 0 Å². The van der Waals surface area contributed by atoms with Gasteiger partial charge in [-0.05, 0) is 24.3 Å². The second-order valence-corrected chi connectivity index (χ2v) is 6.53. The molecule has 0 aliphatic rings. The fraction of sp³-hybridized carbons (Fsp3) is 0. The van der Waals surface area contributed by atoms with Crippen molar-refractivity contribution >= 4 is 37.5 Å². The first-order valence-corrected chi connectivity index (χ1v) is 7.89. The zero-order valence-corrected chi connectivity index (χ0v) is 12.9. The molecule has 108 valence electrons. The van der Waals surface area contributed by atoms with Crippen molar-refractivity contribution in [3.63, 3.8) is 0 Å². The molecule has 0 unspecified atom stereocenters. The van der Waals surface area contributed by atoms with E-state index < -0.39 is 10.0 Å². The maximum Gasteiger partial charge on any atom is 0.262 e. The number of nitrogens with zero attached hydrogens (tertiary/aromatic N) is 2. The van der Waals surface area contributed by atoms with Crippen LogP contribution < -0.4 is 16.0 Å². The average Bonchev–Trinajstić information content (AvgIpc) is 2.49. The molecule has 0 saturated heterocycles. The number of pyridine rings is 1. The van der Waals surface area contributed by atoms with Crippen LogP contribution in [0.3, 0.4) is 0 Å². The molecule has 7 nitrogen and oxygen atoms in total. The number of nitriles is 1. The molecule has 9 heteroatoms. The Morgan fingerprint density at radius 3 is 2.71 bits per heavy atom. The maximum absolute atomic E-state index is 12.3. The summed E-state index contributed by atoms with van der Waals surface area (Å²) in [5.74, 6) is 5.42. The van der Waals surface area contributed by atoms with Crippen LogP contribution in [0.1, 0.15) is 5.56 Å². The topological polar surface area (TPSA) is 121 Å². The first kappa shape index (κ1) is 15.2. The second-order valence-electron chi connectivity index (χ2n) is 3.93. The summed E-state index contributed by atoms with van der Waals surface area (Å²) in [4.78, 5) is 3.82. The molecule has 2 rings (SSSR count). The number of nitrogens with one attached hydrogen (secondary N) is 2. The van der Waals surface area contributed by atoms with Crippen LogP contribution in [-0.2, 0) is 10.0 Å². The van der Waals surface area contributed by atoms with Crippen molar-refractivity contribution in [2.45, 2.75) is 4.90 Å². The molecule has 0 fully saturated rings. The first-order chi connectivity index (χ1) is 9.96. The molecule has 0 atom stereocenters. The van der Waals surface area contributed by atoms with Gasteiger partial charge in [0.2, 0.25) is 0 Å². The molecule has 0 saturated carbocycles. The van der Waals surface area contributed by atoms with Crippen molar-refractivity contribution < 1.29 is 8.42 Å². The number of aromatic nitrogens is 1. The Labute approximate surface area is 130 Å². The fourth-order valence-electron chi connectivity index (χ4n) is 1.56. The average molecular weight is 368 g/mol. The van der Waals surface area contributed by atoms with Crippen molar-refractivity contribution in [2.75, 3.05) is 10.1 Å². The van der Waals surface area contributed by atoms with Gasteiger partial charge in [-0.15, -0.1) is 0 Å². The highest BCUT2D eigenvalue weighted by Gasteiger charge is 2.17. The van der Waals surface area contributed by atoms with Gasteiger partial charge in [0.25, 0.3) is 10.0 Å². The molecule has 0 bridgehead atoms. The first-order valence-electron chi connectivity index (χ1n) is 5.61. The smallest absolute Gasteiger partial charge is 0.262 e. The van der Waals surface area contributed by atoms with Crippen molar-refractivity contribution in [3.05, 3.63) is 46.6 Å². The van der Waals surface area contributed by atoms with E-state index in [1.165, 1.54) is 30.5 Å². The minimum absolute atomic E-state index is 0.0164. The normalized spacial score (nSPS) is 10.7. The Morgan fingerprint density at radius 1 is 1.29 bits per heavy atom. The summed E-state index contributed by atoms with van der Waals surface area (Å²) in [6.45, 7) is 0. The minimum Gasteiger partial charge on any atom is -0.308 e. The van der Waals surface area contributed by atoms with Crippen molar-refractivity contribution in [2.24, 2.45) is 5.84 Å². The van der Waals surface area contributed by atoms with Crippen LogP contribution in [0.5, 0.6) is 0 Å². The lowest BCUT2D eigenvalue weighted by molar-refractivity contribution is 0.601. The lowest BCUT2D eigenvalue weighted by Gasteiger charge is -2.10. The molecule has 0 aliphatic heterocycles. The van der Waals surface area contributed by atoms with Crippen molar-refractivity contribution in [1.29, 1.82) is 5.26 Å². The predicted molar refractivity (Wildman–Crippen MR) is 81.7 cm³/mol. The van der Waals surface area contributed by atoms with Crippen molar-refractivity contribution in [3.8, 4) is 6.07 Å². The van der Waals surface area contributed by atoms with E-state index >= 15 is 0 Å². The van der Waals surface area contributed by atoms with Crippen LogP contribution in [0.15, 0.2) is 45.9 Å². The molecule has 0 radical (unpaired) electrons. The summed E-state index contributed by atoms with van der Waals surface area (Å²) in [7, 11) is -3.84. The summed E-state index contributed by atoms with van der Waals surface area (Å²) in [5.41, 5.74) is 2.67. The quantitative estimate of drug-likeness (QED) is 0.559. The van der Waals surface area contributed by atoms with E-state index in [0.29, 0.717) is 4.47 Å². The number of nitrogen functional groups attached to an aromatic ring is 1. The molecule has 1 aromatic carbocycles. The van der Waals surface area contributed by atoms with Gasteiger partial charge in [0.1, 0.15) is 11.9 Å². The molecule has 0 spiro atoms. The van der Waals surface area contributed by atoms with E-state index in [9.17, 15) is 8.42 Å². The summed E-state index contributed by atoms with van der Waals surface area (Å²) >= 11 is 3.22. The number of hydrogen-bond donors (Lipinski definition) is 3. The van der Waals surface area contributed by atoms with E-state index in [-0.39, 0.29) is 22.0 Å². The van der Waals surface area contributed by atoms with Gasteiger partial charge < -0.3 is 5.43 Å². The van der Waals surface area contributed by atoms with Gasteiger partial charge in [0.05, 0.1) is 16.1 Å². The Balaban J connectivity index is 2.40. The molecular weight excluding hydrogens is 358 g/mol. The standard InChI is InChI=1S/C12H10BrN5O2S/c13-9-1-2-11(8(5-9)7-14)18-21(19,20)10-3-4-16-12(6-10)17-15/h1-6,18H,15H2,(H,16,17). The van der Waals surface area contributed by atoms with Gasteiger partial charge in [-0.3, -0.25) is 4.72 Å². The SMILES string of the molecule is N#Cc1cc(Br)ccc1NS(=O)(=O)c1ccnc(NN)c1. The third kappa shape index (κ3) is 3.49. The molecule has 0 amide bonds. The number of nitrogens with two attached hydrogens (primary N) is 1. The highest BCUT2D eigenvalue weighted by Crippen LogP contribution is 2.23. The van der Waals surface area contributed by atoms with E-state index in [0.717, 1.165) is 0 Å². The molecule has 4 N–H and O–H groups in total. The van der Waals surface area contributed by atoms with Crippen LogP contribution in [0.25, 0.3) is 0 Å². The number of benzene rings is 1. The molecule has 1 aromatic heterocycles. The van der Waals surface area contributed by atoms with Gasteiger partial charge in [0.15, 0.2) is 0 Å². The van der Waals surface area contributed by atoms with Crippen LogP contribution in [0.4, 0.5) is 11.5 Å². The molecule has 0 aliphatic carbocycles. The number of halogens is 1. The molecule has 21 heavy (non-hydrogen) atoms. The van der Waals surface area contributed by atoms with E-state index in [4.69, 9.17) is 11.1 Å². The minimum atomic E-state index is -3.84. The van der Waals surface area contributed by atoms with Crippen LogP contribution >= 0.6 is 15.9 Å². The molecule has 2 aromatic rings. The van der Waals surface area contributed by atoms with Crippen LogP contribution in [0.2, 0.25) is 0 Å².